The topological polar surface area (TPSA) is 75.4 Å². The summed E-state index contributed by atoms with van der Waals surface area (Å²) in [6.45, 7) is 0.710. The van der Waals surface area contributed by atoms with Crippen LogP contribution in [0, 0.1) is 5.92 Å². The Bertz CT molecular complexity index is 531. The highest BCUT2D eigenvalue weighted by Crippen LogP contribution is 2.34. The molecule has 1 atom stereocenters. The van der Waals surface area contributed by atoms with Gasteiger partial charge in [0.1, 0.15) is 0 Å². The number of likely N-dealkylation sites (N-methyl/N-ethyl adjacent to an activating group) is 1. The van der Waals surface area contributed by atoms with Gasteiger partial charge in [-0.25, -0.2) is 0 Å². The summed E-state index contributed by atoms with van der Waals surface area (Å²) in [7, 11) is 1.87. The zero-order chi connectivity index (χ0) is 15.4. The Balaban J connectivity index is 1.89. The first-order valence-electron chi connectivity index (χ1n) is 7.02. The summed E-state index contributed by atoms with van der Waals surface area (Å²) < 4.78 is 0.668. The molecule has 1 aliphatic rings. The third-order valence-corrected chi connectivity index (χ3v) is 4.43. The molecule has 114 valence electrons. The van der Waals surface area contributed by atoms with Crippen molar-refractivity contribution in [3.05, 3.63) is 34.3 Å². The van der Waals surface area contributed by atoms with Gasteiger partial charge in [0.2, 0.25) is 5.91 Å². The van der Waals surface area contributed by atoms with Crippen LogP contribution in [0.4, 0.5) is 0 Å². The van der Waals surface area contributed by atoms with Crippen LogP contribution in [-0.2, 0) is 4.79 Å². The third-order valence-electron chi connectivity index (χ3n) is 3.74. The van der Waals surface area contributed by atoms with Gasteiger partial charge in [-0.1, -0.05) is 12.1 Å². The summed E-state index contributed by atoms with van der Waals surface area (Å²) in [5.41, 5.74) is 6.21. The minimum absolute atomic E-state index is 0.175. The van der Waals surface area contributed by atoms with Gasteiger partial charge in [-0.15, -0.1) is 0 Å². The number of rotatable bonds is 6. The lowest BCUT2D eigenvalue weighted by Crippen LogP contribution is -2.46. The molecule has 0 aromatic heterocycles. The molecule has 0 radical (unpaired) electrons. The smallest absolute Gasteiger partial charge is 0.259 e. The maximum Gasteiger partial charge on any atom is 0.259 e. The number of nitrogens with zero attached hydrogens (tertiary/aromatic N) is 1. The highest BCUT2D eigenvalue weighted by molar-refractivity contribution is 9.10. The quantitative estimate of drug-likeness (QED) is 0.809. The fourth-order valence-electron chi connectivity index (χ4n) is 2.44. The van der Waals surface area contributed by atoms with Gasteiger partial charge in [0, 0.05) is 17.1 Å². The lowest BCUT2D eigenvalue weighted by molar-refractivity contribution is -0.121. The predicted molar refractivity (Wildman–Crippen MR) is 84.8 cm³/mol. The molecule has 5 nitrogen and oxygen atoms in total. The van der Waals surface area contributed by atoms with Gasteiger partial charge >= 0.3 is 0 Å². The van der Waals surface area contributed by atoms with Crippen molar-refractivity contribution in [1.29, 1.82) is 0 Å². The molecule has 1 saturated carbocycles. The maximum atomic E-state index is 12.0. The molecule has 21 heavy (non-hydrogen) atoms. The highest BCUT2D eigenvalue weighted by atomic mass is 79.9. The van der Waals surface area contributed by atoms with Gasteiger partial charge in [0.05, 0.1) is 12.1 Å². The van der Waals surface area contributed by atoms with Crippen molar-refractivity contribution >= 4 is 27.7 Å². The summed E-state index contributed by atoms with van der Waals surface area (Å²) in [4.78, 5) is 26.0. The average Bonchev–Trinajstić information content (AvgIpc) is 3.24. The van der Waals surface area contributed by atoms with E-state index in [4.69, 9.17) is 5.73 Å². The number of carbonyl (C=O) groups excluding carboxylic acids is 2. The van der Waals surface area contributed by atoms with Crippen molar-refractivity contribution in [2.75, 3.05) is 20.1 Å². The minimum Gasteiger partial charge on any atom is -0.329 e. The molecular formula is C15H20BrN3O2. The van der Waals surface area contributed by atoms with E-state index in [0.29, 0.717) is 22.5 Å². The number of benzene rings is 1. The summed E-state index contributed by atoms with van der Waals surface area (Å²) in [6, 6.07) is 7.23. The van der Waals surface area contributed by atoms with Crippen molar-refractivity contribution in [2.45, 2.75) is 18.9 Å². The number of amides is 2. The first-order chi connectivity index (χ1) is 10.0. The molecule has 6 heteroatoms. The number of nitrogens with two attached hydrogens (primary N) is 1. The monoisotopic (exact) mass is 353 g/mol. The molecule has 0 spiro atoms. The summed E-state index contributed by atoms with van der Waals surface area (Å²) in [5.74, 6) is -0.110. The van der Waals surface area contributed by atoms with Crippen LogP contribution in [0.15, 0.2) is 28.7 Å². The van der Waals surface area contributed by atoms with Gasteiger partial charge in [-0.2, -0.15) is 0 Å². The van der Waals surface area contributed by atoms with Crippen LogP contribution in [0.2, 0.25) is 0 Å². The summed E-state index contributed by atoms with van der Waals surface area (Å²) >= 11 is 3.30. The summed E-state index contributed by atoms with van der Waals surface area (Å²) in [6.07, 6.45) is 2.34. The van der Waals surface area contributed by atoms with Crippen LogP contribution in [0.25, 0.3) is 0 Å². The number of imide groups is 1. The van der Waals surface area contributed by atoms with E-state index in [-0.39, 0.29) is 18.5 Å². The molecule has 0 bridgehead atoms. The Morgan fingerprint density at radius 2 is 2.10 bits per heavy atom. The first kappa shape index (κ1) is 16.1. The average molecular weight is 354 g/mol. The number of nitrogens with one attached hydrogen (secondary N) is 1. The van der Waals surface area contributed by atoms with E-state index in [1.165, 1.54) is 12.8 Å². The van der Waals surface area contributed by atoms with Crippen molar-refractivity contribution in [1.82, 2.24) is 10.2 Å². The predicted octanol–water partition coefficient (Wildman–Crippen LogP) is 1.37. The van der Waals surface area contributed by atoms with Crippen LogP contribution in [0.5, 0.6) is 0 Å². The Morgan fingerprint density at radius 1 is 1.43 bits per heavy atom. The molecule has 0 aliphatic heterocycles. The third kappa shape index (κ3) is 4.36. The molecule has 2 rings (SSSR count). The Morgan fingerprint density at radius 3 is 2.67 bits per heavy atom. The van der Waals surface area contributed by atoms with Crippen LogP contribution in [0.3, 0.4) is 0 Å². The highest BCUT2D eigenvalue weighted by Gasteiger charge is 2.33. The SMILES string of the molecule is CN(CC(=O)NC(=O)c1ccccc1Br)C(CN)C1CC1. The first-order valence-corrected chi connectivity index (χ1v) is 7.81. The minimum atomic E-state index is -0.392. The molecule has 0 saturated heterocycles. The van der Waals surface area contributed by atoms with Gasteiger partial charge in [0.15, 0.2) is 0 Å². The molecule has 1 unspecified atom stereocenters. The van der Waals surface area contributed by atoms with E-state index in [1.54, 1.807) is 18.2 Å². The second-order valence-corrected chi connectivity index (χ2v) is 6.27. The fraction of sp³-hybridized carbons (Fsp3) is 0.467. The van der Waals surface area contributed by atoms with Gasteiger partial charge in [0.25, 0.3) is 5.91 Å². The molecule has 2 amide bonds. The molecule has 3 N–H and O–H groups in total. The van der Waals surface area contributed by atoms with Gasteiger partial charge in [-0.05, 0) is 53.9 Å². The molecule has 1 aliphatic carbocycles. The normalized spacial score (nSPS) is 15.8. The molecule has 0 heterocycles. The van der Waals surface area contributed by atoms with Crippen LogP contribution >= 0.6 is 15.9 Å². The van der Waals surface area contributed by atoms with Gasteiger partial charge in [-0.3, -0.25) is 19.8 Å². The van der Waals surface area contributed by atoms with E-state index in [1.807, 2.05) is 18.0 Å². The lowest BCUT2D eigenvalue weighted by Gasteiger charge is -2.26. The fourth-order valence-corrected chi connectivity index (χ4v) is 2.90. The van der Waals surface area contributed by atoms with Crippen LogP contribution in [0.1, 0.15) is 23.2 Å². The summed E-state index contributed by atoms with van der Waals surface area (Å²) in [5, 5.41) is 2.42. The van der Waals surface area contributed by atoms with E-state index in [0.717, 1.165) is 0 Å². The van der Waals surface area contributed by atoms with Crippen molar-refractivity contribution in [3.63, 3.8) is 0 Å². The molecule has 1 aromatic rings. The largest absolute Gasteiger partial charge is 0.329 e. The van der Waals surface area contributed by atoms with Crippen LogP contribution < -0.4 is 11.1 Å². The second kappa shape index (κ2) is 7.15. The molecule has 1 aromatic carbocycles. The number of carbonyl (C=O) groups is 2. The van der Waals surface area contributed by atoms with E-state index in [9.17, 15) is 9.59 Å². The Labute approximate surface area is 133 Å². The van der Waals surface area contributed by atoms with E-state index < -0.39 is 5.91 Å². The number of hydrogen-bond donors (Lipinski definition) is 2. The second-order valence-electron chi connectivity index (χ2n) is 5.41. The Kier molecular flexibility index (Phi) is 5.50. The molecular weight excluding hydrogens is 334 g/mol. The molecule has 1 fully saturated rings. The number of halogens is 1. The zero-order valence-electron chi connectivity index (χ0n) is 12.0. The van der Waals surface area contributed by atoms with Crippen molar-refractivity contribution in [2.24, 2.45) is 11.7 Å². The van der Waals surface area contributed by atoms with Crippen molar-refractivity contribution in [3.8, 4) is 0 Å². The van der Waals surface area contributed by atoms with E-state index >= 15 is 0 Å². The van der Waals surface area contributed by atoms with Crippen LogP contribution in [-0.4, -0.2) is 42.9 Å². The van der Waals surface area contributed by atoms with Gasteiger partial charge < -0.3 is 5.73 Å². The zero-order valence-corrected chi connectivity index (χ0v) is 13.6. The lowest BCUT2D eigenvalue weighted by atomic mass is 10.1. The number of hydrogen-bond acceptors (Lipinski definition) is 4. The maximum absolute atomic E-state index is 12.0. The van der Waals surface area contributed by atoms with E-state index in [2.05, 4.69) is 21.2 Å². The van der Waals surface area contributed by atoms with Crippen molar-refractivity contribution < 1.29 is 9.59 Å². The standard InChI is InChI=1S/C15H20BrN3O2/c1-19(13(8-17)10-6-7-10)9-14(20)18-15(21)11-4-2-3-5-12(11)16/h2-5,10,13H,6-9,17H2,1H3,(H,18,20,21). The Hall–Kier alpha value is -1.24.